The molecule has 0 saturated carbocycles. The minimum absolute atomic E-state index is 0.784. The molecule has 0 unspecified atom stereocenters. The number of nitrogens with one attached hydrogen (secondary N) is 1. The summed E-state index contributed by atoms with van der Waals surface area (Å²) in [5, 5.41) is 4.05. The van der Waals surface area contributed by atoms with E-state index in [2.05, 4.69) is 31.3 Å². The van der Waals surface area contributed by atoms with Crippen LogP contribution in [0.2, 0.25) is 5.02 Å². The van der Waals surface area contributed by atoms with Crippen molar-refractivity contribution in [1.29, 1.82) is 0 Å². The van der Waals surface area contributed by atoms with Crippen LogP contribution in [-0.4, -0.2) is 6.54 Å². The Kier molecular flexibility index (Phi) is 4.02. The summed E-state index contributed by atoms with van der Waals surface area (Å²) in [5.41, 5.74) is 3.48. The molecule has 0 aliphatic heterocycles. The zero-order chi connectivity index (χ0) is 10.6. The Morgan fingerprint density at radius 3 is 2.71 bits per heavy atom. The number of hydrogen-bond donors (Lipinski definition) is 1. The van der Waals surface area contributed by atoms with E-state index in [0.29, 0.717) is 0 Å². The van der Waals surface area contributed by atoms with E-state index in [1.807, 2.05) is 19.1 Å². The van der Waals surface area contributed by atoms with Gasteiger partial charge in [-0.05, 0) is 38.5 Å². The Bertz CT molecular complexity index is 338. The molecule has 0 spiro atoms. The van der Waals surface area contributed by atoms with Crippen LogP contribution in [0.1, 0.15) is 19.4 Å². The summed E-state index contributed by atoms with van der Waals surface area (Å²) in [6.07, 6.45) is 2.14. The maximum atomic E-state index is 6.06. The van der Waals surface area contributed by atoms with Crippen LogP contribution in [0.25, 0.3) is 0 Å². The second-order valence-electron chi connectivity index (χ2n) is 3.65. The maximum absolute atomic E-state index is 6.06. The summed E-state index contributed by atoms with van der Waals surface area (Å²) in [7, 11) is 0. The van der Waals surface area contributed by atoms with E-state index in [4.69, 9.17) is 11.6 Å². The van der Waals surface area contributed by atoms with Gasteiger partial charge < -0.3 is 5.32 Å². The van der Waals surface area contributed by atoms with Crippen molar-refractivity contribution in [3.05, 3.63) is 40.4 Å². The van der Waals surface area contributed by atoms with Crippen molar-refractivity contribution >= 4 is 17.3 Å². The average molecular weight is 210 g/mol. The van der Waals surface area contributed by atoms with Gasteiger partial charge in [0.1, 0.15) is 0 Å². The van der Waals surface area contributed by atoms with Crippen LogP contribution in [0.3, 0.4) is 0 Å². The van der Waals surface area contributed by atoms with Crippen molar-refractivity contribution in [2.75, 3.05) is 11.9 Å². The summed E-state index contributed by atoms with van der Waals surface area (Å²) in [6, 6.07) is 6.03. The molecule has 0 fully saturated rings. The molecule has 0 atom stereocenters. The Hall–Kier alpha value is -0.950. The van der Waals surface area contributed by atoms with Crippen LogP contribution < -0.4 is 5.32 Å². The van der Waals surface area contributed by atoms with Crippen LogP contribution in [0, 0.1) is 6.92 Å². The van der Waals surface area contributed by atoms with Crippen molar-refractivity contribution in [2.45, 2.75) is 20.8 Å². The molecule has 14 heavy (non-hydrogen) atoms. The van der Waals surface area contributed by atoms with Crippen molar-refractivity contribution in [1.82, 2.24) is 0 Å². The summed E-state index contributed by atoms with van der Waals surface area (Å²) in [5.74, 6) is 0. The minimum atomic E-state index is 0.784. The van der Waals surface area contributed by atoms with Gasteiger partial charge in [0.2, 0.25) is 0 Å². The lowest BCUT2D eigenvalue weighted by atomic mass is 10.2. The predicted octanol–water partition coefficient (Wildman–Crippen LogP) is 4.03. The topological polar surface area (TPSA) is 12.0 Å². The van der Waals surface area contributed by atoms with Crippen LogP contribution in [0.4, 0.5) is 5.69 Å². The molecule has 0 bridgehead atoms. The van der Waals surface area contributed by atoms with E-state index in [9.17, 15) is 0 Å². The molecule has 1 aromatic rings. The predicted molar refractivity (Wildman–Crippen MR) is 64.1 cm³/mol. The molecule has 0 heterocycles. The van der Waals surface area contributed by atoms with Gasteiger partial charge in [0.05, 0.1) is 10.7 Å². The van der Waals surface area contributed by atoms with Gasteiger partial charge in [0, 0.05) is 6.54 Å². The van der Waals surface area contributed by atoms with Gasteiger partial charge in [0.15, 0.2) is 0 Å². The quantitative estimate of drug-likeness (QED) is 0.742. The third kappa shape index (κ3) is 3.43. The summed E-state index contributed by atoms with van der Waals surface area (Å²) in [4.78, 5) is 0. The first-order valence-electron chi connectivity index (χ1n) is 4.73. The first kappa shape index (κ1) is 11.1. The fourth-order valence-electron chi connectivity index (χ4n) is 1.13. The van der Waals surface area contributed by atoms with Gasteiger partial charge in [-0.3, -0.25) is 0 Å². The van der Waals surface area contributed by atoms with Gasteiger partial charge in [-0.25, -0.2) is 0 Å². The lowest BCUT2D eigenvalue weighted by Gasteiger charge is -2.06. The Morgan fingerprint density at radius 2 is 2.14 bits per heavy atom. The first-order valence-corrected chi connectivity index (χ1v) is 5.11. The average Bonchev–Trinajstić information content (AvgIpc) is 2.08. The molecule has 2 heteroatoms. The molecule has 0 radical (unpaired) electrons. The molecule has 1 N–H and O–H groups in total. The molecular formula is C12H16ClN. The highest BCUT2D eigenvalue weighted by atomic mass is 35.5. The SMILES string of the molecule is CC(C)=CCNc1ccc(C)cc1Cl. The molecular weight excluding hydrogens is 194 g/mol. The zero-order valence-electron chi connectivity index (χ0n) is 8.89. The van der Waals surface area contributed by atoms with Crippen molar-refractivity contribution in [3.63, 3.8) is 0 Å². The number of halogens is 1. The molecule has 0 amide bonds. The highest BCUT2D eigenvalue weighted by molar-refractivity contribution is 6.33. The monoisotopic (exact) mass is 209 g/mol. The van der Waals surface area contributed by atoms with Gasteiger partial charge >= 0.3 is 0 Å². The second-order valence-corrected chi connectivity index (χ2v) is 4.05. The van der Waals surface area contributed by atoms with Crippen LogP contribution in [0.5, 0.6) is 0 Å². The normalized spacial score (nSPS) is 9.71. The molecule has 76 valence electrons. The molecule has 1 rings (SSSR count). The standard InChI is InChI=1S/C12H16ClN/c1-9(2)6-7-14-12-5-4-10(3)8-11(12)13/h4-6,8,14H,7H2,1-3H3. The molecule has 0 aromatic heterocycles. The third-order valence-electron chi connectivity index (χ3n) is 1.93. The smallest absolute Gasteiger partial charge is 0.0640 e. The summed E-state index contributed by atoms with van der Waals surface area (Å²) < 4.78 is 0. The van der Waals surface area contributed by atoms with Crippen molar-refractivity contribution < 1.29 is 0 Å². The summed E-state index contributed by atoms with van der Waals surface area (Å²) in [6.45, 7) is 7.02. The largest absolute Gasteiger partial charge is 0.380 e. The van der Waals surface area contributed by atoms with Crippen molar-refractivity contribution in [2.24, 2.45) is 0 Å². The van der Waals surface area contributed by atoms with Gasteiger partial charge in [-0.1, -0.05) is 29.3 Å². The van der Waals surface area contributed by atoms with Gasteiger partial charge in [-0.2, -0.15) is 0 Å². The molecule has 1 nitrogen and oxygen atoms in total. The lowest BCUT2D eigenvalue weighted by Crippen LogP contribution is -1.99. The highest BCUT2D eigenvalue weighted by Gasteiger charge is 1.97. The Balaban J connectivity index is 2.64. The van der Waals surface area contributed by atoms with E-state index in [1.165, 1.54) is 11.1 Å². The van der Waals surface area contributed by atoms with Crippen molar-refractivity contribution in [3.8, 4) is 0 Å². The zero-order valence-corrected chi connectivity index (χ0v) is 9.65. The number of hydrogen-bond acceptors (Lipinski definition) is 1. The highest BCUT2D eigenvalue weighted by Crippen LogP contribution is 2.22. The molecule has 0 aliphatic carbocycles. The van der Waals surface area contributed by atoms with E-state index in [0.717, 1.165) is 17.3 Å². The maximum Gasteiger partial charge on any atom is 0.0640 e. The van der Waals surface area contributed by atoms with E-state index in [-0.39, 0.29) is 0 Å². The second kappa shape index (κ2) is 5.06. The Morgan fingerprint density at radius 1 is 1.43 bits per heavy atom. The lowest BCUT2D eigenvalue weighted by molar-refractivity contribution is 1.26. The fraction of sp³-hybridized carbons (Fsp3) is 0.333. The molecule has 1 aromatic carbocycles. The van der Waals surface area contributed by atoms with Gasteiger partial charge in [0.25, 0.3) is 0 Å². The number of allylic oxidation sites excluding steroid dienone is 1. The van der Waals surface area contributed by atoms with Crippen LogP contribution >= 0.6 is 11.6 Å². The number of benzene rings is 1. The number of aryl methyl sites for hydroxylation is 1. The summed E-state index contributed by atoms with van der Waals surface area (Å²) >= 11 is 6.06. The first-order chi connectivity index (χ1) is 6.59. The fourth-order valence-corrected chi connectivity index (χ4v) is 1.43. The molecule has 0 aliphatic rings. The number of rotatable bonds is 3. The van der Waals surface area contributed by atoms with Crippen LogP contribution in [0.15, 0.2) is 29.8 Å². The van der Waals surface area contributed by atoms with Gasteiger partial charge in [-0.15, -0.1) is 0 Å². The Labute approximate surface area is 90.8 Å². The van der Waals surface area contributed by atoms with E-state index < -0.39 is 0 Å². The van der Waals surface area contributed by atoms with E-state index in [1.54, 1.807) is 0 Å². The van der Waals surface area contributed by atoms with E-state index >= 15 is 0 Å². The minimum Gasteiger partial charge on any atom is -0.380 e. The van der Waals surface area contributed by atoms with Crippen LogP contribution in [-0.2, 0) is 0 Å². The molecule has 0 saturated heterocycles. The number of anilines is 1. The third-order valence-corrected chi connectivity index (χ3v) is 2.24.